The van der Waals surface area contributed by atoms with Crippen molar-refractivity contribution >= 4 is 45.6 Å². The first-order valence-corrected chi connectivity index (χ1v) is 17.6. The van der Waals surface area contributed by atoms with E-state index >= 15 is 0 Å². The molecule has 4 heterocycles. The molecular weight excluding hydrogens is 764 g/mol. The van der Waals surface area contributed by atoms with Crippen molar-refractivity contribution in [3.63, 3.8) is 0 Å². The van der Waals surface area contributed by atoms with Crippen LogP contribution in [0.15, 0.2) is 85.5 Å². The third-order valence-corrected chi connectivity index (χ3v) is 9.10. The summed E-state index contributed by atoms with van der Waals surface area (Å²) in [5.74, 6) is -5.78. The number of benzene rings is 4. The highest BCUT2D eigenvalue weighted by molar-refractivity contribution is 5.94. The Kier molecular flexibility index (Phi) is 10.5. The van der Waals surface area contributed by atoms with Crippen LogP contribution < -0.4 is 19.3 Å². The lowest BCUT2D eigenvalue weighted by atomic mass is 10.00. The number of nitrogens with one attached hydrogen (secondary N) is 2. The molecule has 2 amide bonds. The standard InChI is InChI=1S/2C20H16F2N4O3/c1-20(21,22)10-29-14-3-4-15(12(6-14)8-23)18-9-28-19(27)26(18)13-2-5-16-17(7-13)25-11-24-16;1-20(21,22)10-29-18-5-2-12(6-13(18)8-23)17-9-28-19(27)26(17)14-3-4-15-16(7-14)25-11-24-15/h2-7,11,18H,9-10H2,1H3,(H,24,25);2-7,11,17H,9-10H2,1H3,(H,24,25)/t18-;17-/m11/s1. The topological polar surface area (TPSA) is 182 Å². The number of fused-ring (bicyclic) bond motifs is 2. The second kappa shape index (κ2) is 15.7. The van der Waals surface area contributed by atoms with Gasteiger partial charge in [-0.05, 0) is 71.8 Å². The molecule has 6 aromatic rings. The van der Waals surface area contributed by atoms with Crippen molar-refractivity contribution in [1.82, 2.24) is 19.9 Å². The minimum absolute atomic E-state index is 0.0573. The van der Waals surface area contributed by atoms with Crippen LogP contribution in [0.1, 0.15) is 48.2 Å². The van der Waals surface area contributed by atoms with Gasteiger partial charge in [-0.15, -0.1) is 0 Å². The summed E-state index contributed by atoms with van der Waals surface area (Å²) in [6, 6.07) is 22.7. The number of nitrogens with zero attached hydrogens (tertiary/aromatic N) is 6. The highest BCUT2D eigenvalue weighted by atomic mass is 19.3. The van der Waals surface area contributed by atoms with Gasteiger partial charge in [-0.2, -0.15) is 10.5 Å². The zero-order valence-corrected chi connectivity index (χ0v) is 30.7. The third kappa shape index (κ3) is 8.41. The number of ether oxygens (including phenoxy) is 4. The maximum atomic E-state index is 13.1. The second-order valence-corrected chi connectivity index (χ2v) is 13.6. The molecule has 2 fully saturated rings. The molecule has 0 spiro atoms. The SMILES string of the molecule is CC(F)(F)COc1ccc([C@H]2COC(=O)N2c2ccc3nc[nH]c3c2)c(C#N)c1.CC(F)(F)COc1ccc([C@H]2COC(=O)N2c2ccc3nc[nH]c3c2)cc1C#N. The first-order chi connectivity index (χ1) is 27.7. The summed E-state index contributed by atoms with van der Waals surface area (Å²) in [4.78, 5) is 42.0. The number of nitriles is 2. The molecule has 0 radical (unpaired) electrons. The first-order valence-electron chi connectivity index (χ1n) is 17.6. The molecule has 2 atom stereocenters. The zero-order chi connectivity index (χ0) is 41.2. The number of halogens is 4. The Balaban J connectivity index is 0.000000177. The second-order valence-electron chi connectivity index (χ2n) is 13.6. The average Bonchev–Trinajstić information content (AvgIpc) is 4.02. The Morgan fingerprint density at radius 3 is 1.84 bits per heavy atom. The van der Waals surface area contributed by atoms with Crippen LogP contribution in [0.25, 0.3) is 22.1 Å². The number of anilines is 2. The number of aromatic amines is 2. The lowest BCUT2D eigenvalue weighted by Crippen LogP contribution is -2.27. The molecule has 2 N–H and O–H groups in total. The summed E-state index contributed by atoms with van der Waals surface area (Å²) in [5, 5.41) is 19.0. The minimum Gasteiger partial charge on any atom is -0.487 e. The van der Waals surface area contributed by atoms with Gasteiger partial charge < -0.3 is 28.9 Å². The number of aromatic nitrogens is 4. The molecule has 0 aliphatic carbocycles. The minimum atomic E-state index is -3.01. The summed E-state index contributed by atoms with van der Waals surface area (Å²) in [7, 11) is 0. The molecule has 2 aromatic heterocycles. The van der Waals surface area contributed by atoms with E-state index < -0.39 is 49.3 Å². The molecular formula is C40H32F4N8O6. The monoisotopic (exact) mass is 796 g/mol. The van der Waals surface area contributed by atoms with Crippen LogP contribution in [0, 0.1) is 22.7 Å². The fourth-order valence-electron chi connectivity index (χ4n) is 6.43. The summed E-state index contributed by atoms with van der Waals surface area (Å²) in [6.45, 7) is 0.0202. The molecule has 2 aliphatic heterocycles. The lowest BCUT2D eigenvalue weighted by Gasteiger charge is -2.23. The van der Waals surface area contributed by atoms with Crippen LogP contribution in [0.3, 0.4) is 0 Å². The van der Waals surface area contributed by atoms with Crippen LogP contribution in [0.2, 0.25) is 0 Å². The Hall–Kier alpha value is -7.34. The molecule has 14 nitrogen and oxygen atoms in total. The number of alkyl halides is 4. The van der Waals surface area contributed by atoms with Crippen LogP contribution in [0.4, 0.5) is 38.5 Å². The van der Waals surface area contributed by atoms with Crippen LogP contribution in [-0.2, 0) is 9.47 Å². The lowest BCUT2D eigenvalue weighted by molar-refractivity contribution is -0.0234. The van der Waals surface area contributed by atoms with E-state index in [-0.39, 0.29) is 35.8 Å². The molecule has 0 saturated carbocycles. The number of rotatable bonds is 10. The van der Waals surface area contributed by atoms with Crippen molar-refractivity contribution in [2.24, 2.45) is 0 Å². The van der Waals surface area contributed by atoms with Gasteiger partial charge >= 0.3 is 12.2 Å². The van der Waals surface area contributed by atoms with Gasteiger partial charge in [-0.1, -0.05) is 12.1 Å². The normalized spacial score (nSPS) is 16.7. The van der Waals surface area contributed by atoms with Gasteiger partial charge in [0.2, 0.25) is 0 Å². The van der Waals surface area contributed by atoms with E-state index in [1.54, 1.807) is 61.2 Å². The van der Waals surface area contributed by atoms with Gasteiger partial charge in [-0.3, -0.25) is 9.80 Å². The van der Waals surface area contributed by atoms with E-state index in [1.165, 1.54) is 34.1 Å². The summed E-state index contributed by atoms with van der Waals surface area (Å²) in [5.41, 5.74) is 5.74. The molecule has 8 rings (SSSR count). The van der Waals surface area contributed by atoms with Gasteiger partial charge in [0.15, 0.2) is 13.2 Å². The van der Waals surface area contributed by atoms with Gasteiger partial charge in [0.1, 0.15) is 36.8 Å². The molecule has 18 heteroatoms. The smallest absolute Gasteiger partial charge is 0.415 e. The van der Waals surface area contributed by atoms with E-state index in [0.717, 1.165) is 35.9 Å². The molecule has 2 aliphatic rings. The number of cyclic esters (lactones) is 2. The Bertz CT molecular complexity index is 2590. The van der Waals surface area contributed by atoms with E-state index in [2.05, 4.69) is 19.9 Å². The first kappa shape index (κ1) is 38.9. The van der Waals surface area contributed by atoms with Crippen molar-refractivity contribution in [1.29, 1.82) is 10.5 Å². The fourth-order valence-corrected chi connectivity index (χ4v) is 6.43. The van der Waals surface area contributed by atoms with Crippen LogP contribution in [0.5, 0.6) is 11.5 Å². The molecule has 2 saturated heterocycles. The Morgan fingerprint density at radius 2 is 1.28 bits per heavy atom. The van der Waals surface area contributed by atoms with E-state index in [0.29, 0.717) is 22.5 Å². The number of imidazole rings is 2. The quantitative estimate of drug-likeness (QED) is 0.128. The molecule has 0 unspecified atom stereocenters. The molecule has 0 bridgehead atoms. The Morgan fingerprint density at radius 1 is 0.724 bits per heavy atom. The number of carbonyl (C=O) groups is 2. The zero-order valence-electron chi connectivity index (χ0n) is 30.7. The molecule has 296 valence electrons. The van der Waals surface area contributed by atoms with Crippen molar-refractivity contribution in [3.8, 4) is 23.6 Å². The maximum Gasteiger partial charge on any atom is 0.415 e. The largest absolute Gasteiger partial charge is 0.487 e. The summed E-state index contributed by atoms with van der Waals surface area (Å²) < 4.78 is 72.8. The molecule has 4 aromatic carbocycles. The number of H-pyrrole nitrogens is 2. The van der Waals surface area contributed by atoms with Gasteiger partial charge in [0, 0.05) is 13.8 Å². The number of hydrogen-bond acceptors (Lipinski definition) is 10. The number of carbonyl (C=O) groups excluding carboxylic acids is 2. The van der Waals surface area contributed by atoms with E-state index in [9.17, 15) is 37.7 Å². The van der Waals surface area contributed by atoms with E-state index in [1.807, 2.05) is 12.1 Å². The summed E-state index contributed by atoms with van der Waals surface area (Å²) in [6.07, 6.45) is 2.06. The number of hydrogen-bond donors (Lipinski definition) is 2. The van der Waals surface area contributed by atoms with Crippen molar-refractivity contribution in [2.75, 3.05) is 36.2 Å². The third-order valence-electron chi connectivity index (χ3n) is 9.10. The molecule has 58 heavy (non-hydrogen) atoms. The van der Waals surface area contributed by atoms with Gasteiger partial charge in [-0.25, -0.2) is 37.1 Å². The maximum absolute atomic E-state index is 13.1. The summed E-state index contributed by atoms with van der Waals surface area (Å²) >= 11 is 0. The van der Waals surface area contributed by atoms with E-state index in [4.69, 9.17) is 18.9 Å². The van der Waals surface area contributed by atoms with Crippen molar-refractivity contribution < 1.29 is 46.1 Å². The predicted octanol–water partition coefficient (Wildman–Crippen LogP) is 8.33. The van der Waals surface area contributed by atoms with Gasteiger partial charge in [0.25, 0.3) is 11.8 Å². The predicted molar refractivity (Wildman–Crippen MR) is 200 cm³/mol. The van der Waals surface area contributed by atoms with Crippen LogP contribution in [-0.4, -0.2) is 70.4 Å². The van der Waals surface area contributed by atoms with Crippen molar-refractivity contribution in [3.05, 3.63) is 108 Å². The average molecular weight is 797 g/mol. The van der Waals surface area contributed by atoms with Crippen molar-refractivity contribution in [2.45, 2.75) is 37.8 Å². The Labute approximate surface area is 327 Å². The highest BCUT2D eigenvalue weighted by Crippen LogP contribution is 2.38. The number of amides is 2. The van der Waals surface area contributed by atoms with Gasteiger partial charge in [0.05, 0.1) is 69.3 Å². The fraction of sp³-hybridized carbons (Fsp3) is 0.250. The van der Waals surface area contributed by atoms with Crippen LogP contribution >= 0.6 is 0 Å². The highest BCUT2D eigenvalue weighted by Gasteiger charge is 2.38.